The van der Waals surface area contributed by atoms with E-state index in [0.717, 1.165) is 38.5 Å². The molecule has 2 rings (SSSR count). The van der Waals surface area contributed by atoms with E-state index in [2.05, 4.69) is 5.32 Å². The van der Waals surface area contributed by atoms with Gasteiger partial charge in [0.2, 0.25) is 0 Å². The molecule has 1 atom stereocenters. The summed E-state index contributed by atoms with van der Waals surface area (Å²) in [4.78, 5) is 0. The lowest BCUT2D eigenvalue weighted by Crippen LogP contribution is -2.19. The van der Waals surface area contributed by atoms with Crippen molar-refractivity contribution in [2.24, 2.45) is 0 Å². The van der Waals surface area contributed by atoms with E-state index in [9.17, 15) is 8.78 Å². The third-order valence-electron chi connectivity index (χ3n) is 2.74. The van der Waals surface area contributed by atoms with Crippen LogP contribution in [-0.2, 0) is 4.74 Å². The lowest BCUT2D eigenvalue weighted by atomic mass is 10.1. The SMILES string of the molecule is Fc1ccc(NC2CCCOCC2)cc1F. The molecule has 4 heteroatoms. The topological polar surface area (TPSA) is 21.3 Å². The van der Waals surface area contributed by atoms with E-state index in [1.807, 2.05) is 0 Å². The fourth-order valence-electron chi connectivity index (χ4n) is 1.87. The van der Waals surface area contributed by atoms with Gasteiger partial charge in [0.15, 0.2) is 11.6 Å². The number of benzene rings is 1. The minimum Gasteiger partial charge on any atom is -0.382 e. The van der Waals surface area contributed by atoms with Gasteiger partial charge in [-0.25, -0.2) is 8.78 Å². The zero-order valence-corrected chi connectivity index (χ0v) is 9.01. The first-order chi connectivity index (χ1) is 7.75. The molecule has 0 saturated carbocycles. The van der Waals surface area contributed by atoms with Crippen LogP contribution < -0.4 is 5.32 Å². The van der Waals surface area contributed by atoms with Crippen molar-refractivity contribution < 1.29 is 13.5 Å². The van der Waals surface area contributed by atoms with E-state index in [0.29, 0.717) is 5.69 Å². The summed E-state index contributed by atoms with van der Waals surface area (Å²) in [5.41, 5.74) is 0.630. The highest BCUT2D eigenvalue weighted by Gasteiger charge is 2.12. The first-order valence-electron chi connectivity index (χ1n) is 5.55. The molecule has 1 saturated heterocycles. The van der Waals surface area contributed by atoms with Crippen LogP contribution in [0.4, 0.5) is 14.5 Å². The Morgan fingerprint density at radius 3 is 2.81 bits per heavy atom. The molecule has 0 bridgehead atoms. The Morgan fingerprint density at radius 2 is 2.00 bits per heavy atom. The molecule has 1 aliphatic rings. The highest BCUT2D eigenvalue weighted by atomic mass is 19.2. The Hall–Kier alpha value is -1.16. The van der Waals surface area contributed by atoms with Crippen molar-refractivity contribution >= 4 is 5.69 Å². The monoisotopic (exact) mass is 227 g/mol. The van der Waals surface area contributed by atoms with Crippen LogP contribution in [0.1, 0.15) is 19.3 Å². The van der Waals surface area contributed by atoms with Crippen LogP contribution >= 0.6 is 0 Å². The molecule has 0 aliphatic carbocycles. The zero-order chi connectivity index (χ0) is 11.4. The van der Waals surface area contributed by atoms with Gasteiger partial charge in [0.25, 0.3) is 0 Å². The minimum atomic E-state index is -0.810. The summed E-state index contributed by atoms with van der Waals surface area (Å²) >= 11 is 0. The van der Waals surface area contributed by atoms with Gasteiger partial charge < -0.3 is 10.1 Å². The number of hydrogen-bond acceptors (Lipinski definition) is 2. The maximum Gasteiger partial charge on any atom is 0.160 e. The Kier molecular flexibility index (Phi) is 3.72. The smallest absolute Gasteiger partial charge is 0.160 e. The highest BCUT2D eigenvalue weighted by Crippen LogP contribution is 2.18. The van der Waals surface area contributed by atoms with Gasteiger partial charge in [-0.05, 0) is 31.4 Å². The molecule has 16 heavy (non-hydrogen) atoms. The van der Waals surface area contributed by atoms with Crippen molar-refractivity contribution in [1.82, 2.24) is 0 Å². The van der Waals surface area contributed by atoms with Gasteiger partial charge in [-0.3, -0.25) is 0 Å². The second kappa shape index (κ2) is 5.25. The maximum absolute atomic E-state index is 13.0. The summed E-state index contributed by atoms with van der Waals surface area (Å²) in [7, 11) is 0. The van der Waals surface area contributed by atoms with Crippen molar-refractivity contribution in [3.63, 3.8) is 0 Å². The number of hydrogen-bond donors (Lipinski definition) is 1. The molecule has 2 nitrogen and oxygen atoms in total. The molecule has 1 N–H and O–H groups in total. The zero-order valence-electron chi connectivity index (χ0n) is 9.01. The number of nitrogens with one attached hydrogen (secondary N) is 1. The second-order valence-corrected chi connectivity index (χ2v) is 4.01. The summed E-state index contributed by atoms with van der Waals surface area (Å²) in [6.45, 7) is 1.51. The average molecular weight is 227 g/mol. The second-order valence-electron chi connectivity index (χ2n) is 4.01. The lowest BCUT2D eigenvalue weighted by Gasteiger charge is -2.17. The maximum atomic E-state index is 13.0. The Labute approximate surface area is 93.6 Å². The number of ether oxygens (including phenoxy) is 1. The quantitative estimate of drug-likeness (QED) is 0.838. The summed E-state index contributed by atoms with van der Waals surface area (Å²) in [5.74, 6) is -1.62. The Balaban J connectivity index is 1.99. The predicted molar refractivity (Wildman–Crippen MR) is 58.4 cm³/mol. The molecule has 88 valence electrons. The van der Waals surface area contributed by atoms with Crippen LogP contribution in [0.25, 0.3) is 0 Å². The molecule has 1 fully saturated rings. The Bertz CT molecular complexity index is 349. The van der Waals surface area contributed by atoms with Crippen LogP contribution in [0.2, 0.25) is 0 Å². The van der Waals surface area contributed by atoms with Gasteiger partial charge in [0.1, 0.15) is 0 Å². The average Bonchev–Trinajstić information content (AvgIpc) is 2.52. The molecule has 1 heterocycles. The standard InChI is InChI=1S/C12H15F2NO/c13-11-4-3-10(8-12(11)14)15-9-2-1-6-16-7-5-9/h3-4,8-9,15H,1-2,5-7H2. The Morgan fingerprint density at radius 1 is 1.12 bits per heavy atom. The van der Waals surface area contributed by atoms with Crippen LogP contribution in [0.3, 0.4) is 0 Å². The molecule has 1 aliphatic heterocycles. The van der Waals surface area contributed by atoms with Crippen LogP contribution in [0, 0.1) is 11.6 Å². The number of rotatable bonds is 2. The molecular weight excluding hydrogens is 212 g/mol. The summed E-state index contributed by atoms with van der Waals surface area (Å²) < 4.78 is 31.0. The highest BCUT2D eigenvalue weighted by molar-refractivity contribution is 5.44. The van der Waals surface area contributed by atoms with Gasteiger partial charge in [0, 0.05) is 31.0 Å². The normalized spacial score (nSPS) is 21.5. The van der Waals surface area contributed by atoms with E-state index in [-0.39, 0.29) is 6.04 Å². The van der Waals surface area contributed by atoms with E-state index < -0.39 is 11.6 Å². The van der Waals surface area contributed by atoms with E-state index >= 15 is 0 Å². The molecule has 1 aromatic carbocycles. The van der Waals surface area contributed by atoms with Gasteiger partial charge in [0.05, 0.1) is 0 Å². The first-order valence-corrected chi connectivity index (χ1v) is 5.55. The molecule has 1 aromatic rings. The lowest BCUT2D eigenvalue weighted by molar-refractivity contribution is 0.144. The van der Waals surface area contributed by atoms with Crippen LogP contribution in [0.15, 0.2) is 18.2 Å². The van der Waals surface area contributed by atoms with Crippen molar-refractivity contribution in [1.29, 1.82) is 0 Å². The molecular formula is C12H15F2NO. The third-order valence-corrected chi connectivity index (χ3v) is 2.74. The molecule has 0 radical (unpaired) electrons. The van der Waals surface area contributed by atoms with Crippen molar-refractivity contribution in [2.45, 2.75) is 25.3 Å². The van der Waals surface area contributed by atoms with Gasteiger partial charge >= 0.3 is 0 Å². The summed E-state index contributed by atoms with van der Waals surface area (Å²) in [6, 6.07) is 4.18. The molecule has 0 aromatic heterocycles. The van der Waals surface area contributed by atoms with Crippen LogP contribution in [-0.4, -0.2) is 19.3 Å². The van der Waals surface area contributed by atoms with Crippen LogP contribution in [0.5, 0.6) is 0 Å². The van der Waals surface area contributed by atoms with E-state index in [4.69, 9.17) is 4.74 Å². The van der Waals surface area contributed by atoms with Gasteiger partial charge in [-0.15, -0.1) is 0 Å². The fourth-order valence-corrected chi connectivity index (χ4v) is 1.87. The minimum absolute atomic E-state index is 0.285. The molecule has 1 unspecified atom stereocenters. The van der Waals surface area contributed by atoms with E-state index in [1.54, 1.807) is 6.07 Å². The summed E-state index contributed by atoms with van der Waals surface area (Å²) in [5, 5.41) is 3.20. The largest absolute Gasteiger partial charge is 0.382 e. The van der Waals surface area contributed by atoms with E-state index in [1.165, 1.54) is 6.07 Å². The van der Waals surface area contributed by atoms with Gasteiger partial charge in [-0.1, -0.05) is 0 Å². The molecule has 0 amide bonds. The van der Waals surface area contributed by atoms with Crippen molar-refractivity contribution in [3.05, 3.63) is 29.8 Å². The van der Waals surface area contributed by atoms with Crippen molar-refractivity contribution in [3.8, 4) is 0 Å². The first kappa shape index (κ1) is 11.3. The third kappa shape index (κ3) is 2.92. The number of anilines is 1. The predicted octanol–water partition coefficient (Wildman–Crippen LogP) is 2.95. The van der Waals surface area contributed by atoms with Crippen molar-refractivity contribution in [2.75, 3.05) is 18.5 Å². The fraction of sp³-hybridized carbons (Fsp3) is 0.500. The number of halogens is 2. The summed E-state index contributed by atoms with van der Waals surface area (Å²) in [6.07, 6.45) is 2.90. The molecule has 0 spiro atoms. The van der Waals surface area contributed by atoms with Gasteiger partial charge in [-0.2, -0.15) is 0 Å².